The van der Waals surface area contributed by atoms with E-state index >= 15 is 0 Å². The second-order valence-electron chi connectivity index (χ2n) is 8.15. The number of anilines is 1. The zero-order chi connectivity index (χ0) is 20.8. The Morgan fingerprint density at radius 2 is 1.83 bits per heavy atom. The highest BCUT2D eigenvalue weighted by atomic mass is 16.2. The van der Waals surface area contributed by atoms with Crippen LogP contribution in [-0.4, -0.2) is 40.1 Å². The topological polar surface area (TPSA) is 91.0 Å². The monoisotopic (exact) mass is 401 g/mol. The Hall–Kier alpha value is -3.48. The van der Waals surface area contributed by atoms with Crippen molar-refractivity contribution in [1.29, 1.82) is 0 Å². The summed E-state index contributed by atoms with van der Waals surface area (Å²) >= 11 is 0. The average molecular weight is 401 g/mol. The third-order valence-corrected chi connectivity index (χ3v) is 6.34. The number of para-hydroxylation sites is 1. The number of amides is 2. The number of hydrogen-bond donors (Lipinski definition) is 2. The molecule has 0 bridgehead atoms. The second-order valence-corrected chi connectivity index (χ2v) is 8.15. The van der Waals surface area contributed by atoms with Crippen molar-refractivity contribution >= 4 is 17.5 Å². The van der Waals surface area contributed by atoms with Crippen LogP contribution in [-0.2, 0) is 11.2 Å². The van der Waals surface area contributed by atoms with Crippen LogP contribution in [0.3, 0.4) is 0 Å². The predicted octanol–water partition coefficient (Wildman–Crippen LogP) is 2.52. The number of benzene rings is 2. The van der Waals surface area contributed by atoms with Crippen molar-refractivity contribution in [2.45, 2.75) is 25.3 Å². The van der Waals surface area contributed by atoms with Crippen molar-refractivity contribution in [3.8, 4) is 0 Å². The van der Waals surface area contributed by atoms with Crippen LogP contribution in [0, 0.1) is 11.8 Å². The number of aromatic amines is 1. The van der Waals surface area contributed by atoms with E-state index in [9.17, 15) is 9.59 Å². The highest BCUT2D eigenvalue weighted by Gasteiger charge is 2.57. The molecule has 2 aromatic carbocycles. The first-order valence-corrected chi connectivity index (χ1v) is 10.2. The van der Waals surface area contributed by atoms with Gasteiger partial charge in [0.1, 0.15) is 11.9 Å². The SMILES string of the molecule is C[C@H]1C2c3ccccc3N(C)C(=O)[C@H](NC(=O)c3nnc(Cc4ccccc4)[nH]3)C21. The lowest BCUT2D eigenvalue weighted by molar-refractivity contribution is -0.120. The number of hydrogen-bond acceptors (Lipinski definition) is 4. The van der Waals surface area contributed by atoms with E-state index in [0.29, 0.717) is 18.2 Å². The van der Waals surface area contributed by atoms with Crippen LogP contribution in [0.1, 0.15) is 40.4 Å². The van der Waals surface area contributed by atoms with Crippen molar-refractivity contribution < 1.29 is 9.59 Å². The molecule has 152 valence electrons. The molecule has 2 N–H and O–H groups in total. The molecule has 3 aromatic rings. The van der Waals surface area contributed by atoms with Crippen molar-refractivity contribution in [3.63, 3.8) is 0 Å². The lowest BCUT2D eigenvalue weighted by Gasteiger charge is -2.24. The summed E-state index contributed by atoms with van der Waals surface area (Å²) in [7, 11) is 1.77. The van der Waals surface area contributed by atoms with Gasteiger partial charge in [-0.1, -0.05) is 55.5 Å². The summed E-state index contributed by atoms with van der Waals surface area (Å²) in [6, 6.07) is 17.3. The van der Waals surface area contributed by atoms with Crippen molar-refractivity contribution in [2.24, 2.45) is 11.8 Å². The van der Waals surface area contributed by atoms with Crippen LogP contribution in [0.5, 0.6) is 0 Å². The van der Waals surface area contributed by atoms with Gasteiger partial charge in [-0.2, -0.15) is 0 Å². The molecule has 1 aromatic heterocycles. The molecule has 1 aliphatic heterocycles. The van der Waals surface area contributed by atoms with Crippen LogP contribution >= 0.6 is 0 Å². The molecule has 2 aliphatic rings. The third-order valence-electron chi connectivity index (χ3n) is 6.34. The smallest absolute Gasteiger partial charge is 0.289 e. The summed E-state index contributed by atoms with van der Waals surface area (Å²) in [6.45, 7) is 2.14. The minimum atomic E-state index is -0.586. The molecular formula is C23H23N5O2. The number of fused-ring (bicyclic) bond motifs is 3. The van der Waals surface area contributed by atoms with Gasteiger partial charge in [-0.25, -0.2) is 0 Å². The van der Waals surface area contributed by atoms with Gasteiger partial charge in [-0.05, 0) is 34.9 Å². The predicted molar refractivity (Wildman–Crippen MR) is 112 cm³/mol. The summed E-state index contributed by atoms with van der Waals surface area (Å²) in [5.74, 6) is 0.915. The lowest BCUT2D eigenvalue weighted by atomic mass is 10.1. The maximum Gasteiger partial charge on any atom is 0.289 e. The molecule has 2 amide bonds. The highest BCUT2D eigenvalue weighted by molar-refractivity contribution is 6.03. The van der Waals surface area contributed by atoms with E-state index in [4.69, 9.17) is 0 Å². The Labute approximate surface area is 174 Å². The van der Waals surface area contributed by atoms with Gasteiger partial charge in [-0.15, -0.1) is 10.2 Å². The largest absolute Gasteiger partial charge is 0.337 e. The number of carbonyl (C=O) groups is 2. The van der Waals surface area contributed by atoms with E-state index in [1.54, 1.807) is 11.9 Å². The molecule has 2 unspecified atom stereocenters. The lowest BCUT2D eigenvalue weighted by Crippen LogP contribution is -2.49. The number of aromatic nitrogens is 3. The Morgan fingerprint density at radius 1 is 1.10 bits per heavy atom. The number of nitrogens with one attached hydrogen (secondary N) is 2. The van der Waals surface area contributed by atoms with Crippen molar-refractivity contribution in [1.82, 2.24) is 20.5 Å². The number of nitrogens with zero attached hydrogens (tertiary/aromatic N) is 3. The fourth-order valence-corrected chi connectivity index (χ4v) is 4.70. The zero-order valence-electron chi connectivity index (χ0n) is 16.9. The number of carbonyl (C=O) groups excluding carboxylic acids is 2. The van der Waals surface area contributed by atoms with Crippen molar-refractivity contribution in [3.05, 3.63) is 77.4 Å². The molecule has 0 spiro atoms. The van der Waals surface area contributed by atoms with Gasteiger partial charge in [0, 0.05) is 19.2 Å². The van der Waals surface area contributed by atoms with Crippen LogP contribution in [0.4, 0.5) is 5.69 Å². The van der Waals surface area contributed by atoms with E-state index in [0.717, 1.165) is 11.3 Å². The molecule has 1 aliphatic carbocycles. The normalized spacial score (nSPS) is 24.6. The molecule has 0 saturated heterocycles. The van der Waals surface area contributed by atoms with Crippen LogP contribution in [0.25, 0.3) is 0 Å². The molecule has 2 heterocycles. The van der Waals surface area contributed by atoms with Gasteiger partial charge in [0.25, 0.3) is 5.91 Å². The maximum absolute atomic E-state index is 13.2. The quantitative estimate of drug-likeness (QED) is 0.703. The summed E-state index contributed by atoms with van der Waals surface area (Å²) in [6.07, 6.45) is 0.559. The molecule has 0 radical (unpaired) electrons. The Bertz CT molecular complexity index is 1110. The maximum atomic E-state index is 13.2. The number of H-pyrrole nitrogens is 1. The summed E-state index contributed by atoms with van der Waals surface area (Å²) in [5, 5.41) is 11.0. The van der Waals surface area contributed by atoms with Crippen molar-refractivity contribution in [2.75, 3.05) is 11.9 Å². The average Bonchev–Trinajstić information content (AvgIpc) is 3.21. The highest BCUT2D eigenvalue weighted by Crippen LogP contribution is 2.59. The van der Waals surface area contributed by atoms with Gasteiger partial charge in [0.05, 0.1) is 0 Å². The van der Waals surface area contributed by atoms with Gasteiger partial charge < -0.3 is 15.2 Å². The molecule has 1 saturated carbocycles. The summed E-state index contributed by atoms with van der Waals surface area (Å²) in [4.78, 5) is 30.7. The van der Waals surface area contributed by atoms with Gasteiger partial charge in [0.15, 0.2) is 0 Å². The molecule has 5 rings (SSSR count). The second kappa shape index (κ2) is 7.09. The zero-order valence-corrected chi connectivity index (χ0v) is 16.9. The molecule has 4 atom stereocenters. The van der Waals surface area contributed by atoms with Crippen LogP contribution in [0.2, 0.25) is 0 Å². The Kier molecular flexibility index (Phi) is 4.38. The summed E-state index contributed by atoms with van der Waals surface area (Å²) in [5.41, 5.74) is 3.17. The minimum absolute atomic E-state index is 0.0826. The molecular weight excluding hydrogens is 378 g/mol. The summed E-state index contributed by atoms with van der Waals surface area (Å²) < 4.78 is 0. The molecule has 1 fully saturated rings. The van der Waals surface area contributed by atoms with Crippen LogP contribution in [0.15, 0.2) is 54.6 Å². The Balaban J connectivity index is 1.35. The van der Waals surface area contributed by atoms with Gasteiger partial charge in [0.2, 0.25) is 11.7 Å². The van der Waals surface area contributed by atoms with E-state index in [1.807, 2.05) is 48.5 Å². The first-order chi connectivity index (χ1) is 14.5. The van der Waals surface area contributed by atoms with Gasteiger partial charge in [-0.3, -0.25) is 9.59 Å². The number of likely N-dealkylation sites (N-methyl/N-ethyl adjacent to an activating group) is 1. The van der Waals surface area contributed by atoms with E-state index < -0.39 is 11.9 Å². The molecule has 7 nitrogen and oxygen atoms in total. The molecule has 30 heavy (non-hydrogen) atoms. The van der Waals surface area contributed by atoms with Gasteiger partial charge >= 0.3 is 0 Å². The van der Waals surface area contributed by atoms with E-state index in [2.05, 4.69) is 33.5 Å². The molecule has 7 heteroatoms. The van der Waals surface area contributed by atoms with Crippen LogP contribution < -0.4 is 10.2 Å². The third kappa shape index (κ3) is 3.07. The Morgan fingerprint density at radius 3 is 2.63 bits per heavy atom. The number of rotatable bonds is 4. The fraction of sp³-hybridized carbons (Fsp3) is 0.304. The first kappa shape index (κ1) is 18.5. The standard InChI is InChI=1S/C23H23N5O2/c1-13-18-15-10-6-7-11-16(15)28(2)23(30)20(19(13)18)25-22(29)21-24-17(26-27-21)12-14-8-4-3-5-9-14/h3-11,13,18-20H,12H2,1-2H3,(H,25,29)(H,24,26,27)/t13-,18?,19?,20+/m0/s1. The van der Waals surface area contributed by atoms with E-state index in [1.165, 1.54) is 5.56 Å². The first-order valence-electron chi connectivity index (χ1n) is 10.2. The fourth-order valence-electron chi connectivity index (χ4n) is 4.70. The van der Waals surface area contributed by atoms with E-state index in [-0.39, 0.29) is 23.6 Å². The minimum Gasteiger partial charge on any atom is -0.337 e.